The third-order valence-electron chi connectivity index (χ3n) is 6.01. The Balaban J connectivity index is 1.42. The fourth-order valence-electron chi connectivity index (χ4n) is 4.08. The number of rotatable bonds is 6. The number of alkyl halides is 3. The minimum Gasteiger partial charge on any atom is -0.352 e. The smallest absolute Gasteiger partial charge is 0.352 e. The summed E-state index contributed by atoms with van der Waals surface area (Å²) in [5.41, 5.74) is 0.172. The number of piperazine rings is 1. The quantitative estimate of drug-likeness (QED) is 0.280. The maximum absolute atomic E-state index is 13.6. The first-order chi connectivity index (χ1) is 19.2. The van der Waals surface area contributed by atoms with Crippen LogP contribution in [-0.2, 0) is 6.18 Å². The van der Waals surface area contributed by atoms with Gasteiger partial charge >= 0.3 is 6.18 Å². The molecular weight excluding hydrogens is 550 g/mol. The molecule has 40 heavy (non-hydrogen) atoms. The molecule has 14 heteroatoms. The zero-order valence-electron chi connectivity index (χ0n) is 20.6. The highest BCUT2D eigenvalue weighted by molar-refractivity contribution is 6.31. The van der Waals surface area contributed by atoms with Gasteiger partial charge in [0.2, 0.25) is 17.8 Å². The lowest BCUT2D eigenvalue weighted by molar-refractivity contribution is -0.137. The van der Waals surface area contributed by atoms with Crippen molar-refractivity contribution in [1.82, 2.24) is 19.9 Å². The van der Waals surface area contributed by atoms with Crippen LogP contribution in [0.15, 0.2) is 60.8 Å². The van der Waals surface area contributed by atoms with Crippen LogP contribution in [0.2, 0.25) is 5.02 Å². The summed E-state index contributed by atoms with van der Waals surface area (Å²) in [6.45, 7) is 1.97. The molecule has 0 spiro atoms. The molecule has 1 aliphatic heterocycles. The molecule has 0 saturated carbocycles. The summed E-state index contributed by atoms with van der Waals surface area (Å²) in [6, 6.07) is 14.2. The van der Waals surface area contributed by atoms with Crippen molar-refractivity contribution in [3.63, 3.8) is 0 Å². The molecule has 0 radical (unpaired) electrons. The lowest BCUT2D eigenvalue weighted by Crippen LogP contribution is -2.47. The largest absolute Gasteiger partial charge is 0.416 e. The van der Waals surface area contributed by atoms with Gasteiger partial charge in [0.25, 0.3) is 0 Å². The molecular formula is C26H20ClF4N9. The van der Waals surface area contributed by atoms with E-state index in [1.807, 2.05) is 9.80 Å². The number of nitrogens with one attached hydrogen (secondary N) is 2. The lowest BCUT2D eigenvalue weighted by Gasteiger charge is -2.35. The van der Waals surface area contributed by atoms with Crippen LogP contribution in [0.4, 0.5) is 52.6 Å². The van der Waals surface area contributed by atoms with Gasteiger partial charge in [-0.3, -0.25) is 0 Å². The highest BCUT2D eigenvalue weighted by Crippen LogP contribution is 2.32. The van der Waals surface area contributed by atoms with Crippen molar-refractivity contribution in [1.29, 1.82) is 5.26 Å². The molecule has 0 unspecified atom stereocenters. The van der Waals surface area contributed by atoms with Crippen LogP contribution in [0.25, 0.3) is 0 Å². The Bertz CT molecular complexity index is 1570. The monoisotopic (exact) mass is 569 g/mol. The summed E-state index contributed by atoms with van der Waals surface area (Å²) >= 11 is 5.90. The fourth-order valence-corrected chi connectivity index (χ4v) is 4.26. The van der Waals surface area contributed by atoms with Gasteiger partial charge in [-0.25, -0.2) is 9.37 Å². The van der Waals surface area contributed by atoms with Crippen molar-refractivity contribution in [2.24, 2.45) is 0 Å². The fraction of sp³-hybridized carbons (Fsp3) is 0.192. The van der Waals surface area contributed by atoms with Crippen LogP contribution in [0.1, 0.15) is 11.1 Å². The Morgan fingerprint density at radius 3 is 2.17 bits per heavy atom. The SMILES string of the molecule is N#Cc1cccnc1N1CCN(c2nc(Nc3cccc(C(F)(F)F)c3)nc(Nc3ccc(F)c(Cl)c3)n2)CC1. The molecule has 0 aliphatic carbocycles. The Morgan fingerprint density at radius 1 is 0.850 bits per heavy atom. The number of hydrogen-bond donors (Lipinski definition) is 2. The summed E-state index contributed by atoms with van der Waals surface area (Å²) in [7, 11) is 0. The van der Waals surface area contributed by atoms with Gasteiger partial charge in [0.1, 0.15) is 17.7 Å². The molecule has 2 N–H and O–H groups in total. The number of anilines is 6. The molecule has 2 aromatic heterocycles. The van der Waals surface area contributed by atoms with Crippen molar-refractivity contribution in [2.45, 2.75) is 6.18 Å². The highest BCUT2D eigenvalue weighted by Gasteiger charge is 2.30. The zero-order valence-corrected chi connectivity index (χ0v) is 21.4. The summed E-state index contributed by atoms with van der Waals surface area (Å²) in [4.78, 5) is 21.4. The van der Waals surface area contributed by atoms with E-state index in [1.165, 1.54) is 30.3 Å². The number of hydrogen-bond acceptors (Lipinski definition) is 9. The van der Waals surface area contributed by atoms with Gasteiger partial charge in [-0.15, -0.1) is 0 Å². The van der Waals surface area contributed by atoms with Gasteiger partial charge in [-0.1, -0.05) is 17.7 Å². The molecule has 5 rings (SSSR count). The minimum absolute atomic E-state index is 0.000967. The first kappa shape index (κ1) is 26.9. The first-order valence-corrected chi connectivity index (χ1v) is 12.3. The Kier molecular flexibility index (Phi) is 7.52. The van der Waals surface area contributed by atoms with Crippen LogP contribution in [0, 0.1) is 17.1 Å². The van der Waals surface area contributed by atoms with Crippen LogP contribution >= 0.6 is 11.6 Å². The first-order valence-electron chi connectivity index (χ1n) is 12.0. The molecule has 2 aromatic carbocycles. The highest BCUT2D eigenvalue weighted by atomic mass is 35.5. The molecule has 1 saturated heterocycles. The van der Waals surface area contributed by atoms with Gasteiger partial charge in [0.05, 0.1) is 16.1 Å². The topological polar surface area (TPSA) is 106 Å². The van der Waals surface area contributed by atoms with Crippen LogP contribution in [0.3, 0.4) is 0 Å². The van der Waals surface area contributed by atoms with Gasteiger partial charge in [0, 0.05) is 43.8 Å². The van der Waals surface area contributed by atoms with Gasteiger partial charge in [-0.05, 0) is 48.5 Å². The summed E-state index contributed by atoms with van der Waals surface area (Å²) in [6.07, 6.45) is -2.89. The zero-order chi connectivity index (χ0) is 28.3. The van der Waals surface area contributed by atoms with Crippen molar-refractivity contribution in [3.8, 4) is 6.07 Å². The third kappa shape index (κ3) is 6.13. The molecule has 1 fully saturated rings. The minimum atomic E-state index is -4.52. The van der Waals surface area contributed by atoms with Gasteiger partial charge in [0.15, 0.2) is 0 Å². The van der Waals surface area contributed by atoms with E-state index in [4.69, 9.17) is 11.6 Å². The Morgan fingerprint density at radius 2 is 1.52 bits per heavy atom. The van der Waals surface area contributed by atoms with E-state index in [9.17, 15) is 22.8 Å². The molecule has 0 bridgehead atoms. The second-order valence-electron chi connectivity index (χ2n) is 8.70. The maximum atomic E-state index is 13.6. The van der Waals surface area contributed by atoms with E-state index in [0.29, 0.717) is 43.2 Å². The summed E-state index contributed by atoms with van der Waals surface area (Å²) in [5, 5.41) is 15.1. The number of nitriles is 1. The summed E-state index contributed by atoms with van der Waals surface area (Å²) < 4.78 is 53.3. The second kappa shape index (κ2) is 11.2. The maximum Gasteiger partial charge on any atom is 0.416 e. The standard InChI is InChI=1S/C26H20ClF4N9/c27-20-14-19(6-7-21(20)28)35-24-36-23(34-18-5-1-4-17(13-18)26(29,30)31)37-25(38-24)40-11-9-39(10-12-40)22-16(15-32)3-2-8-33-22/h1-8,13-14H,9-12H2,(H2,34,35,36,37,38). The normalized spacial score (nSPS) is 13.6. The molecule has 0 atom stereocenters. The van der Waals surface area contributed by atoms with E-state index >= 15 is 0 Å². The number of halogens is 5. The van der Waals surface area contributed by atoms with E-state index < -0.39 is 17.6 Å². The molecule has 4 aromatic rings. The molecule has 0 amide bonds. The average Bonchev–Trinajstić information content (AvgIpc) is 2.95. The molecule has 3 heterocycles. The number of benzene rings is 2. The number of aromatic nitrogens is 4. The third-order valence-corrected chi connectivity index (χ3v) is 6.30. The van der Waals surface area contributed by atoms with Crippen molar-refractivity contribution >= 4 is 46.6 Å². The number of nitrogens with zero attached hydrogens (tertiary/aromatic N) is 7. The van der Waals surface area contributed by atoms with Crippen molar-refractivity contribution < 1.29 is 17.6 Å². The average molecular weight is 570 g/mol. The number of pyridine rings is 1. The van der Waals surface area contributed by atoms with Crippen molar-refractivity contribution in [2.75, 3.05) is 46.6 Å². The van der Waals surface area contributed by atoms with Crippen LogP contribution < -0.4 is 20.4 Å². The Hall–Kier alpha value is -4.70. The van der Waals surface area contributed by atoms with Gasteiger partial charge < -0.3 is 20.4 Å². The molecule has 204 valence electrons. The van der Waals surface area contributed by atoms with Crippen molar-refractivity contribution in [3.05, 3.63) is 82.8 Å². The van der Waals surface area contributed by atoms with E-state index in [-0.39, 0.29) is 28.6 Å². The Labute approximate surface area is 231 Å². The summed E-state index contributed by atoms with van der Waals surface area (Å²) in [5.74, 6) is 0.324. The second-order valence-corrected chi connectivity index (χ2v) is 9.11. The van der Waals surface area contributed by atoms with Gasteiger partial charge in [-0.2, -0.15) is 33.4 Å². The van der Waals surface area contributed by atoms with E-state index in [0.717, 1.165) is 12.1 Å². The molecule has 1 aliphatic rings. The van der Waals surface area contributed by atoms with Crippen LogP contribution in [-0.4, -0.2) is 46.1 Å². The lowest BCUT2D eigenvalue weighted by atomic mass is 10.2. The molecule has 9 nitrogen and oxygen atoms in total. The predicted octanol–water partition coefficient (Wildman–Crippen LogP) is 5.76. The van der Waals surface area contributed by atoms with Crippen LogP contribution in [0.5, 0.6) is 0 Å². The van der Waals surface area contributed by atoms with E-state index in [1.54, 1.807) is 18.3 Å². The predicted molar refractivity (Wildman–Crippen MR) is 143 cm³/mol. The van der Waals surface area contributed by atoms with E-state index in [2.05, 4.69) is 36.6 Å².